The summed E-state index contributed by atoms with van der Waals surface area (Å²) in [5.41, 5.74) is 1.72. The molecule has 0 unspecified atom stereocenters. The van der Waals surface area contributed by atoms with Crippen LogP contribution >= 0.6 is 22.9 Å². The van der Waals surface area contributed by atoms with E-state index in [4.69, 9.17) is 11.6 Å². The quantitative estimate of drug-likeness (QED) is 0.797. The second kappa shape index (κ2) is 4.88. The maximum absolute atomic E-state index is 5.83. The van der Waals surface area contributed by atoms with Gasteiger partial charge in [0, 0.05) is 23.1 Å². The molecule has 4 nitrogen and oxygen atoms in total. The van der Waals surface area contributed by atoms with E-state index in [1.165, 1.54) is 0 Å². The average molecular weight is 277 g/mol. The molecule has 0 saturated heterocycles. The van der Waals surface area contributed by atoms with E-state index in [1.807, 2.05) is 24.3 Å². The van der Waals surface area contributed by atoms with Crippen LogP contribution in [0.2, 0.25) is 5.02 Å². The first-order chi connectivity index (χ1) is 8.81. The van der Waals surface area contributed by atoms with Gasteiger partial charge in [-0.05, 0) is 24.3 Å². The summed E-state index contributed by atoms with van der Waals surface area (Å²) in [4.78, 5) is 13.6. The van der Waals surface area contributed by atoms with E-state index in [-0.39, 0.29) is 0 Å². The smallest absolute Gasteiger partial charge is 0.189 e. The third-order valence-electron chi connectivity index (χ3n) is 2.38. The van der Waals surface area contributed by atoms with Crippen LogP contribution < -0.4 is 5.32 Å². The van der Waals surface area contributed by atoms with E-state index in [0.29, 0.717) is 12.2 Å². The van der Waals surface area contributed by atoms with E-state index < -0.39 is 0 Å². The number of aromatic nitrogens is 3. The van der Waals surface area contributed by atoms with Crippen molar-refractivity contribution in [3.63, 3.8) is 0 Å². The summed E-state index contributed by atoms with van der Waals surface area (Å²) >= 11 is 7.37. The van der Waals surface area contributed by atoms with Crippen LogP contribution in [0, 0.1) is 0 Å². The van der Waals surface area contributed by atoms with Crippen molar-refractivity contribution in [3.05, 3.63) is 46.7 Å². The second-order valence-electron chi connectivity index (χ2n) is 3.65. The summed E-state index contributed by atoms with van der Waals surface area (Å²) in [5.74, 6) is 0. The van der Waals surface area contributed by atoms with Gasteiger partial charge in [-0.25, -0.2) is 15.0 Å². The van der Waals surface area contributed by atoms with Gasteiger partial charge < -0.3 is 5.32 Å². The first-order valence-electron chi connectivity index (χ1n) is 5.37. The number of hydrogen-bond donors (Lipinski definition) is 1. The first-order valence-corrected chi connectivity index (χ1v) is 6.56. The Balaban J connectivity index is 1.74. The van der Waals surface area contributed by atoms with Gasteiger partial charge in [0.25, 0.3) is 0 Å². The molecule has 6 heteroatoms. The lowest BCUT2D eigenvalue weighted by atomic mass is 10.3. The molecule has 2 aromatic heterocycles. The Morgan fingerprint density at radius 1 is 1.11 bits per heavy atom. The van der Waals surface area contributed by atoms with Crippen molar-refractivity contribution < 1.29 is 0 Å². The number of fused-ring (bicyclic) bond motifs is 1. The van der Waals surface area contributed by atoms with Gasteiger partial charge in [-0.2, -0.15) is 0 Å². The molecule has 0 amide bonds. The van der Waals surface area contributed by atoms with Crippen molar-refractivity contribution in [2.75, 3.05) is 5.32 Å². The Morgan fingerprint density at radius 3 is 2.67 bits per heavy atom. The lowest BCUT2D eigenvalue weighted by Crippen LogP contribution is -1.98. The molecule has 3 aromatic rings. The minimum absolute atomic E-state index is 0.657. The number of nitrogens with one attached hydrogen (secondary N) is 1. The van der Waals surface area contributed by atoms with Gasteiger partial charge in [0.05, 0.1) is 6.54 Å². The fourth-order valence-corrected chi connectivity index (χ4v) is 2.47. The van der Waals surface area contributed by atoms with E-state index in [9.17, 15) is 0 Å². The predicted octanol–water partition coefficient (Wildman–Crippen LogP) is 3.35. The Kier molecular flexibility index (Phi) is 3.08. The number of rotatable bonds is 3. The number of nitrogens with zero attached hydrogens (tertiary/aromatic N) is 3. The summed E-state index contributed by atoms with van der Waals surface area (Å²) < 4.78 is 0. The van der Waals surface area contributed by atoms with Crippen molar-refractivity contribution in [1.82, 2.24) is 15.0 Å². The highest BCUT2D eigenvalue weighted by Gasteiger charge is 2.04. The monoisotopic (exact) mass is 276 g/mol. The number of thiazole rings is 1. The van der Waals surface area contributed by atoms with Crippen molar-refractivity contribution >= 4 is 39.1 Å². The molecule has 3 rings (SSSR count). The van der Waals surface area contributed by atoms with Gasteiger partial charge in [-0.3, -0.25) is 0 Å². The lowest BCUT2D eigenvalue weighted by Gasteiger charge is -2.03. The molecule has 18 heavy (non-hydrogen) atoms. The van der Waals surface area contributed by atoms with Gasteiger partial charge in [0.2, 0.25) is 0 Å². The molecule has 0 radical (unpaired) electrons. The average Bonchev–Trinajstić information content (AvgIpc) is 2.81. The third-order valence-corrected chi connectivity index (χ3v) is 3.58. The highest BCUT2D eigenvalue weighted by molar-refractivity contribution is 7.18. The summed E-state index contributed by atoms with van der Waals surface area (Å²) in [6, 6.07) is 7.58. The van der Waals surface area contributed by atoms with Crippen molar-refractivity contribution in [2.24, 2.45) is 0 Å². The van der Waals surface area contributed by atoms with E-state index in [0.717, 1.165) is 20.5 Å². The maximum atomic E-state index is 5.83. The van der Waals surface area contributed by atoms with Crippen LogP contribution in [-0.2, 0) is 6.54 Å². The molecule has 0 atom stereocenters. The van der Waals surface area contributed by atoms with Crippen LogP contribution in [0.3, 0.4) is 0 Å². The summed E-state index contributed by atoms with van der Waals surface area (Å²) in [5, 5.41) is 4.98. The van der Waals surface area contributed by atoms with Crippen LogP contribution in [0.5, 0.6) is 0 Å². The fraction of sp³-hybridized carbons (Fsp3) is 0.0833. The summed E-state index contributed by atoms with van der Waals surface area (Å²) in [6.07, 6.45) is 3.33. The molecular formula is C12H9ClN4S. The molecule has 0 aliphatic carbocycles. The fourth-order valence-electron chi connectivity index (χ4n) is 1.54. The standard InChI is InChI=1S/C12H9ClN4S/c13-8-1-3-9(4-2-8)16-7-10-17-11-12(18-10)15-6-5-14-11/h1-6,16H,7H2. The lowest BCUT2D eigenvalue weighted by molar-refractivity contribution is 1.10. The van der Waals surface area contributed by atoms with Crippen molar-refractivity contribution in [1.29, 1.82) is 0 Å². The molecule has 0 bridgehead atoms. The van der Waals surface area contributed by atoms with Crippen molar-refractivity contribution in [3.8, 4) is 0 Å². The topological polar surface area (TPSA) is 50.7 Å². The molecule has 0 spiro atoms. The maximum Gasteiger partial charge on any atom is 0.189 e. The van der Waals surface area contributed by atoms with Gasteiger partial charge in [-0.15, -0.1) is 0 Å². The van der Waals surface area contributed by atoms with Gasteiger partial charge >= 0.3 is 0 Å². The zero-order chi connectivity index (χ0) is 12.4. The third kappa shape index (κ3) is 2.42. The minimum Gasteiger partial charge on any atom is -0.379 e. The first kappa shape index (κ1) is 11.4. The highest BCUT2D eigenvalue weighted by atomic mass is 35.5. The van der Waals surface area contributed by atoms with E-state index in [1.54, 1.807) is 23.7 Å². The zero-order valence-electron chi connectivity index (χ0n) is 9.30. The molecule has 1 aromatic carbocycles. The molecule has 0 aliphatic rings. The van der Waals surface area contributed by atoms with Crippen LogP contribution in [0.25, 0.3) is 10.5 Å². The van der Waals surface area contributed by atoms with Gasteiger partial charge in [0.15, 0.2) is 10.5 Å². The van der Waals surface area contributed by atoms with Gasteiger partial charge in [0.1, 0.15) is 5.01 Å². The van der Waals surface area contributed by atoms with E-state index >= 15 is 0 Å². The van der Waals surface area contributed by atoms with Gasteiger partial charge in [-0.1, -0.05) is 22.9 Å². The minimum atomic E-state index is 0.657. The van der Waals surface area contributed by atoms with Crippen LogP contribution in [0.15, 0.2) is 36.7 Å². The molecular weight excluding hydrogens is 268 g/mol. The van der Waals surface area contributed by atoms with Crippen LogP contribution in [-0.4, -0.2) is 15.0 Å². The second-order valence-corrected chi connectivity index (χ2v) is 5.15. The summed E-state index contributed by atoms with van der Waals surface area (Å²) in [7, 11) is 0. The molecule has 0 saturated carbocycles. The summed E-state index contributed by atoms with van der Waals surface area (Å²) in [6.45, 7) is 0.657. The number of benzene rings is 1. The SMILES string of the molecule is Clc1ccc(NCc2nc3nccnc3s2)cc1. The van der Waals surface area contributed by atoms with Crippen LogP contribution in [0.4, 0.5) is 5.69 Å². The molecule has 0 aliphatic heterocycles. The molecule has 1 N–H and O–H groups in total. The highest BCUT2D eigenvalue weighted by Crippen LogP contribution is 2.19. The zero-order valence-corrected chi connectivity index (χ0v) is 10.9. The number of anilines is 1. The van der Waals surface area contributed by atoms with E-state index in [2.05, 4.69) is 20.3 Å². The Labute approximate surface area is 113 Å². The Bertz CT molecular complexity index is 632. The van der Waals surface area contributed by atoms with Crippen molar-refractivity contribution in [2.45, 2.75) is 6.54 Å². The number of hydrogen-bond acceptors (Lipinski definition) is 5. The number of halogens is 1. The Morgan fingerprint density at radius 2 is 1.89 bits per heavy atom. The van der Waals surface area contributed by atoms with Crippen LogP contribution in [0.1, 0.15) is 5.01 Å². The predicted molar refractivity (Wildman–Crippen MR) is 74.0 cm³/mol. The Hall–Kier alpha value is -1.72. The molecule has 0 fully saturated rings. The normalized spacial score (nSPS) is 10.7. The molecule has 90 valence electrons. The largest absolute Gasteiger partial charge is 0.379 e. The molecule has 2 heterocycles.